The number of carbonyl (C=O) groups is 2. The molecule has 92 valence electrons. The summed E-state index contributed by atoms with van der Waals surface area (Å²) >= 11 is 0. The van der Waals surface area contributed by atoms with Gasteiger partial charge in [-0.25, -0.2) is 0 Å². The summed E-state index contributed by atoms with van der Waals surface area (Å²) in [6.45, 7) is 5.17. The van der Waals surface area contributed by atoms with Gasteiger partial charge in [0, 0.05) is 20.1 Å². The van der Waals surface area contributed by atoms with Crippen LogP contribution in [0.2, 0.25) is 0 Å². The number of nitrogens with one attached hydrogen (secondary N) is 1. The molecule has 1 aliphatic rings. The number of likely N-dealkylation sites (tertiary alicyclic amines) is 1. The predicted molar refractivity (Wildman–Crippen MR) is 59.8 cm³/mol. The van der Waals surface area contributed by atoms with Gasteiger partial charge in [-0.1, -0.05) is 0 Å². The molecule has 0 saturated carbocycles. The van der Waals surface area contributed by atoms with Crippen molar-refractivity contribution in [3.05, 3.63) is 0 Å². The Balaban J connectivity index is 2.55. The SMILES string of the molecule is CNC(=O)C(C)(C)CN1CCC1C(=O)OC. The van der Waals surface area contributed by atoms with Gasteiger partial charge in [-0.05, 0) is 20.3 Å². The normalized spacial score (nSPS) is 21.1. The minimum Gasteiger partial charge on any atom is -0.468 e. The van der Waals surface area contributed by atoms with Gasteiger partial charge in [0.15, 0.2) is 0 Å². The lowest BCUT2D eigenvalue weighted by molar-refractivity contribution is -0.154. The second-order valence-electron chi connectivity index (χ2n) is 4.76. The average Bonchev–Trinajstić information content (AvgIpc) is 2.23. The lowest BCUT2D eigenvalue weighted by Gasteiger charge is -2.42. The molecule has 0 bridgehead atoms. The first-order chi connectivity index (χ1) is 7.42. The van der Waals surface area contributed by atoms with Crippen molar-refractivity contribution in [3.63, 3.8) is 0 Å². The van der Waals surface area contributed by atoms with E-state index in [1.165, 1.54) is 7.11 Å². The lowest BCUT2D eigenvalue weighted by atomic mass is 9.88. The molecule has 1 atom stereocenters. The Morgan fingerprint density at radius 1 is 1.50 bits per heavy atom. The van der Waals surface area contributed by atoms with E-state index in [9.17, 15) is 9.59 Å². The summed E-state index contributed by atoms with van der Waals surface area (Å²) in [7, 11) is 3.01. The van der Waals surface area contributed by atoms with Crippen molar-refractivity contribution in [2.75, 3.05) is 27.2 Å². The van der Waals surface area contributed by atoms with E-state index in [0.717, 1.165) is 13.0 Å². The number of esters is 1. The minimum absolute atomic E-state index is 0.0111. The Morgan fingerprint density at radius 3 is 2.50 bits per heavy atom. The van der Waals surface area contributed by atoms with E-state index in [-0.39, 0.29) is 17.9 Å². The Bertz CT molecular complexity index is 289. The quantitative estimate of drug-likeness (QED) is 0.688. The highest BCUT2D eigenvalue weighted by atomic mass is 16.5. The molecule has 1 saturated heterocycles. The maximum Gasteiger partial charge on any atom is 0.323 e. The fraction of sp³-hybridized carbons (Fsp3) is 0.818. The third-order valence-corrected chi connectivity index (χ3v) is 3.04. The second-order valence-corrected chi connectivity index (χ2v) is 4.76. The van der Waals surface area contributed by atoms with Crippen LogP contribution in [0.4, 0.5) is 0 Å². The van der Waals surface area contributed by atoms with Gasteiger partial charge < -0.3 is 10.1 Å². The Hall–Kier alpha value is -1.10. The van der Waals surface area contributed by atoms with Crippen LogP contribution in [-0.4, -0.2) is 50.1 Å². The van der Waals surface area contributed by atoms with E-state index >= 15 is 0 Å². The molecule has 0 radical (unpaired) electrons. The van der Waals surface area contributed by atoms with Crippen LogP contribution in [0.1, 0.15) is 20.3 Å². The van der Waals surface area contributed by atoms with Crippen molar-refractivity contribution < 1.29 is 14.3 Å². The van der Waals surface area contributed by atoms with Crippen LogP contribution in [-0.2, 0) is 14.3 Å². The van der Waals surface area contributed by atoms with Crippen LogP contribution in [0.25, 0.3) is 0 Å². The largest absolute Gasteiger partial charge is 0.468 e. The summed E-state index contributed by atoms with van der Waals surface area (Å²) in [4.78, 5) is 25.0. The number of nitrogens with zero attached hydrogens (tertiary/aromatic N) is 1. The monoisotopic (exact) mass is 228 g/mol. The molecule has 1 rings (SSSR count). The van der Waals surface area contributed by atoms with Crippen LogP contribution >= 0.6 is 0 Å². The summed E-state index contributed by atoms with van der Waals surface area (Å²) in [5.41, 5.74) is -0.485. The van der Waals surface area contributed by atoms with Gasteiger partial charge in [0.05, 0.1) is 12.5 Å². The maximum atomic E-state index is 11.6. The summed E-state index contributed by atoms with van der Waals surface area (Å²) in [6.07, 6.45) is 0.816. The van der Waals surface area contributed by atoms with E-state index in [4.69, 9.17) is 4.74 Å². The molecule has 0 spiro atoms. The van der Waals surface area contributed by atoms with Gasteiger partial charge in [0.25, 0.3) is 0 Å². The standard InChI is InChI=1S/C11H20N2O3/c1-11(2,10(15)12-3)7-13-6-5-8(13)9(14)16-4/h8H,5-7H2,1-4H3,(H,12,15). The van der Waals surface area contributed by atoms with Gasteiger partial charge in [-0.2, -0.15) is 0 Å². The van der Waals surface area contributed by atoms with Crippen LogP contribution in [0, 0.1) is 5.41 Å². The third kappa shape index (κ3) is 2.52. The Labute approximate surface area is 96.1 Å². The number of methoxy groups -OCH3 is 1. The molecule has 16 heavy (non-hydrogen) atoms. The fourth-order valence-corrected chi connectivity index (χ4v) is 1.95. The van der Waals surface area contributed by atoms with Crippen molar-refractivity contribution in [3.8, 4) is 0 Å². The van der Waals surface area contributed by atoms with Crippen LogP contribution < -0.4 is 5.32 Å². The molecule has 1 N–H and O–H groups in total. The zero-order valence-electron chi connectivity index (χ0n) is 10.4. The number of hydrogen-bond donors (Lipinski definition) is 1. The smallest absolute Gasteiger partial charge is 0.323 e. The Morgan fingerprint density at radius 2 is 2.12 bits per heavy atom. The molecule has 0 aromatic carbocycles. The van der Waals surface area contributed by atoms with Crippen LogP contribution in [0.5, 0.6) is 0 Å². The molecular formula is C11H20N2O3. The van der Waals surface area contributed by atoms with Gasteiger partial charge >= 0.3 is 5.97 Å². The van der Waals surface area contributed by atoms with E-state index in [1.54, 1.807) is 7.05 Å². The molecule has 1 unspecified atom stereocenters. The molecule has 5 nitrogen and oxygen atoms in total. The molecule has 0 aromatic heterocycles. The van der Waals surface area contributed by atoms with E-state index in [0.29, 0.717) is 6.54 Å². The number of rotatable bonds is 4. The molecular weight excluding hydrogens is 208 g/mol. The van der Waals surface area contributed by atoms with Crippen molar-refractivity contribution >= 4 is 11.9 Å². The number of ether oxygens (including phenoxy) is 1. The summed E-state index contributed by atoms with van der Waals surface area (Å²) in [5.74, 6) is -0.220. The van der Waals surface area contributed by atoms with Gasteiger partial charge in [-0.15, -0.1) is 0 Å². The third-order valence-electron chi connectivity index (χ3n) is 3.04. The molecule has 0 aromatic rings. The lowest BCUT2D eigenvalue weighted by Crippen LogP contribution is -2.57. The zero-order chi connectivity index (χ0) is 12.3. The Kier molecular flexibility index (Phi) is 3.91. The van der Waals surface area contributed by atoms with Crippen LogP contribution in [0.15, 0.2) is 0 Å². The van der Waals surface area contributed by atoms with Crippen molar-refractivity contribution in [2.45, 2.75) is 26.3 Å². The fourth-order valence-electron chi connectivity index (χ4n) is 1.95. The zero-order valence-corrected chi connectivity index (χ0v) is 10.4. The summed E-state index contributed by atoms with van der Waals surface area (Å²) < 4.78 is 4.70. The van der Waals surface area contributed by atoms with E-state index < -0.39 is 5.41 Å². The number of carbonyl (C=O) groups excluding carboxylic acids is 2. The number of hydrogen-bond acceptors (Lipinski definition) is 4. The van der Waals surface area contributed by atoms with Crippen molar-refractivity contribution in [1.29, 1.82) is 0 Å². The highest BCUT2D eigenvalue weighted by Crippen LogP contribution is 2.25. The van der Waals surface area contributed by atoms with E-state index in [2.05, 4.69) is 5.32 Å². The van der Waals surface area contributed by atoms with Gasteiger partial charge in [0.1, 0.15) is 6.04 Å². The van der Waals surface area contributed by atoms with Crippen LogP contribution in [0.3, 0.4) is 0 Å². The minimum atomic E-state index is -0.485. The first-order valence-corrected chi connectivity index (χ1v) is 5.46. The van der Waals surface area contributed by atoms with Gasteiger partial charge in [0.2, 0.25) is 5.91 Å². The highest BCUT2D eigenvalue weighted by Gasteiger charge is 2.40. The van der Waals surface area contributed by atoms with Gasteiger partial charge in [-0.3, -0.25) is 14.5 Å². The maximum absolute atomic E-state index is 11.6. The first kappa shape index (κ1) is 13.0. The van der Waals surface area contributed by atoms with E-state index in [1.807, 2.05) is 18.7 Å². The molecule has 0 aliphatic carbocycles. The molecule has 1 amide bonds. The average molecular weight is 228 g/mol. The molecule has 1 fully saturated rings. The topological polar surface area (TPSA) is 58.6 Å². The first-order valence-electron chi connectivity index (χ1n) is 5.46. The van der Waals surface area contributed by atoms with Crippen molar-refractivity contribution in [1.82, 2.24) is 10.2 Å². The number of amides is 1. The molecule has 1 aliphatic heterocycles. The summed E-state index contributed by atoms with van der Waals surface area (Å²) in [5, 5.41) is 2.64. The second kappa shape index (κ2) is 4.82. The summed E-state index contributed by atoms with van der Waals surface area (Å²) in [6, 6.07) is -0.172. The van der Waals surface area contributed by atoms with Crippen molar-refractivity contribution in [2.24, 2.45) is 5.41 Å². The molecule has 5 heteroatoms. The highest BCUT2D eigenvalue weighted by molar-refractivity contribution is 5.82. The predicted octanol–water partition coefficient (Wildman–Crippen LogP) is 0.00590. The molecule has 1 heterocycles.